The van der Waals surface area contributed by atoms with Gasteiger partial charge in [-0.3, -0.25) is 0 Å². The van der Waals surface area contributed by atoms with Crippen molar-refractivity contribution >= 4 is 5.97 Å². The molecule has 100 valence electrons. The molecule has 0 bridgehead atoms. The molecule has 0 atom stereocenters. The SMILES string of the molecule is O=C(O)c1ccc(COCCC(F)(F)F)c(F)c1. The van der Waals surface area contributed by atoms with Crippen LogP contribution in [-0.4, -0.2) is 23.9 Å². The van der Waals surface area contributed by atoms with E-state index in [9.17, 15) is 22.4 Å². The summed E-state index contributed by atoms with van der Waals surface area (Å²) in [5.41, 5.74) is -0.214. The lowest BCUT2D eigenvalue weighted by molar-refractivity contribution is -0.146. The van der Waals surface area contributed by atoms with Crippen molar-refractivity contribution in [3.63, 3.8) is 0 Å². The Balaban J connectivity index is 2.51. The normalized spacial score (nSPS) is 11.6. The fourth-order valence-corrected chi connectivity index (χ4v) is 1.17. The molecule has 0 radical (unpaired) electrons. The van der Waals surface area contributed by atoms with E-state index in [-0.39, 0.29) is 17.7 Å². The molecule has 18 heavy (non-hydrogen) atoms. The predicted octanol–water partition coefficient (Wildman–Crippen LogP) is 2.99. The number of halogens is 4. The molecule has 1 aromatic rings. The standard InChI is InChI=1S/C11H10F4O3/c12-9-5-7(10(16)17)1-2-8(9)6-18-4-3-11(13,14)15/h1-2,5H,3-4,6H2,(H,16,17). The van der Waals surface area contributed by atoms with Gasteiger partial charge in [0.2, 0.25) is 0 Å². The van der Waals surface area contributed by atoms with E-state index in [1.807, 2.05) is 0 Å². The molecule has 1 N–H and O–H groups in total. The van der Waals surface area contributed by atoms with E-state index in [2.05, 4.69) is 4.74 Å². The Morgan fingerprint density at radius 1 is 1.33 bits per heavy atom. The third kappa shape index (κ3) is 4.70. The zero-order valence-electron chi connectivity index (χ0n) is 9.13. The molecule has 3 nitrogen and oxygen atoms in total. The predicted molar refractivity (Wildman–Crippen MR) is 53.7 cm³/mol. The first-order valence-corrected chi connectivity index (χ1v) is 4.96. The lowest BCUT2D eigenvalue weighted by Gasteiger charge is -2.08. The van der Waals surface area contributed by atoms with Crippen LogP contribution in [0.15, 0.2) is 18.2 Å². The van der Waals surface area contributed by atoms with Gasteiger partial charge in [0, 0.05) is 5.56 Å². The smallest absolute Gasteiger partial charge is 0.391 e. The summed E-state index contributed by atoms with van der Waals surface area (Å²) in [7, 11) is 0. The Morgan fingerprint density at radius 2 is 2.00 bits per heavy atom. The molecule has 0 saturated heterocycles. The van der Waals surface area contributed by atoms with Crippen LogP contribution in [0.4, 0.5) is 17.6 Å². The van der Waals surface area contributed by atoms with E-state index < -0.39 is 31.0 Å². The summed E-state index contributed by atoms with van der Waals surface area (Å²) in [4.78, 5) is 10.5. The fourth-order valence-electron chi connectivity index (χ4n) is 1.17. The number of carboxylic acids is 1. The van der Waals surface area contributed by atoms with Gasteiger partial charge >= 0.3 is 12.1 Å². The summed E-state index contributed by atoms with van der Waals surface area (Å²) in [5, 5.41) is 8.58. The number of aromatic carboxylic acids is 1. The quantitative estimate of drug-likeness (QED) is 0.658. The second kappa shape index (κ2) is 5.81. The molecule has 0 saturated carbocycles. The van der Waals surface area contributed by atoms with E-state index >= 15 is 0 Å². The average Bonchev–Trinajstić information content (AvgIpc) is 2.24. The van der Waals surface area contributed by atoms with Crippen LogP contribution in [0, 0.1) is 5.82 Å². The minimum Gasteiger partial charge on any atom is -0.478 e. The summed E-state index contributed by atoms with van der Waals surface area (Å²) in [5.74, 6) is -2.10. The highest BCUT2D eigenvalue weighted by atomic mass is 19.4. The number of carbonyl (C=O) groups is 1. The lowest BCUT2D eigenvalue weighted by atomic mass is 10.1. The third-order valence-electron chi connectivity index (χ3n) is 2.09. The zero-order chi connectivity index (χ0) is 13.8. The molecule has 0 heterocycles. The Hall–Kier alpha value is -1.63. The summed E-state index contributed by atoms with van der Waals surface area (Å²) in [6.45, 7) is -0.897. The molecule has 0 amide bonds. The van der Waals surface area contributed by atoms with Crippen molar-refractivity contribution in [2.45, 2.75) is 19.2 Å². The average molecular weight is 266 g/mol. The molecular weight excluding hydrogens is 256 g/mol. The Bertz CT molecular complexity index is 429. The molecule has 7 heteroatoms. The summed E-state index contributed by atoms with van der Waals surface area (Å²) in [6, 6.07) is 3.13. The first-order chi connectivity index (χ1) is 8.29. The van der Waals surface area contributed by atoms with Crippen molar-refractivity contribution < 1.29 is 32.2 Å². The molecule has 0 aliphatic heterocycles. The zero-order valence-corrected chi connectivity index (χ0v) is 9.13. The number of hydrogen-bond acceptors (Lipinski definition) is 2. The van der Waals surface area contributed by atoms with E-state index in [4.69, 9.17) is 5.11 Å². The number of ether oxygens (including phenoxy) is 1. The van der Waals surface area contributed by atoms with Gasteiger partial charge in [-0.1, -0.05) is 6.07 Å². The van der Waals surface area contributed by atoms with Gasteiger partial charge in [-0.05, 0) is 12.1 Å². The van der Waals surface area contributed by atoms with Crippen molar-refractivity contribution in [2.24, 2.45) is 0 Å². The topological polar surface area (TPSA) is 46.5 Å². The molecule has 0 aliphatic rings. The molecule has 0 unspecified atom stereocenters. The van der Waals surface area contributed by atoms with Crippen molar-refractivity contribution in [1.82, 2.24) is 0 Å². The molecule has 1 aromatic carbocycles. The Kier molecular flexibility index (Phi) is 4.66. The monoisotopic (exact) mass is 266 g/mol. The van der Waals surface area contributed by atoms with Gasteiger partial charge in [0.05, 0.1) is 25.2 Å². The van der Waals surface area contributed by atoms with E-state index in [1.54, 1.807) is 0 Å². The summed E-state index contributed by atoms with van der Waals surface area (Å²) >= 11 is 0. The minimum atomic E-state index is -4.31. The van der Waals surface area contributed by atoms with Crippen molar-refractivity contribution in [2.75, 3.05) is 6.61 Å². The molecular formula is C11H10F4O3. The van der Waals surface area contributed by atoms with Gasteiger partial charge in [0.25, 0.3) is 0 Å². The van der Waals surface area contributed by atoms with E-state index in [0.717, 1.165) is 12.1 Å². The van der Waals surface area contributed by atoms with Crippen LogP contribution in [0.25, 0.3) is 0 Å². The van der Waals surface area contributed by atoms with Crippen LogP contribution in [-0.2, 0) is 11.3 Å². The van der Waals surface area contributed by atoms with Gasteiger partial charge in [-0.2, -0.15) is 13.2 Å². The number of benzene rings is 1. The Morgan fingerprint density at radius 3 is 2.50 bits per heavy atom. The summed E-state index contributed by atoms with van der Waals surface area (Å²) in [6.07, 6.45) is -5.42. The van der Waals surface area contributed by atoms with Gasteiger partial charge in [0.1, 0.15) is 5.82 Å². The number of hydrogen-bond donors (Lipinski definition) is 1. The van der Waals surface area contributed by atoms with Crippen LogP contribution in [0.1, 0.15) is 22.3 Å². The maximum absolute atomic E-state index is 13.3. The van der Waals surface area contributed by atoms with E-state index in [0.29, 0.717) is 0 Å². The van der Waals surface area contributed by atoms with Crippen LogP contribution in [0.3, 0.4) is 0 Å². The van der Waals surface area contributed by atoms with Gasteiger partial charge in [-0.15, -0.1) is 0 Å². The van der Waals surface area contributed by atoms with Crippen LogP contribution < -0.4 is 0 Å². The molecule has 0 spiro atoms. The second-order valence-corrected chi connectivity index (χ2v) is 3.53. The second-order valence-electron chi connectivity index (χ2n) is 3.53. The van der Waals surface area contributed by atoms with Crippen molar-refractivity contribution in [3.05, 3.63) is 35.1 Å². The highest BCUT2D eigenvalue weighted by molar-refractivity contribution is 5.87. The maximum atomic E-state index is 13.3. The first kappa shape index (κ1) is 14.4. The van der Waals surface area contributed by atoms with Crippen LogP contribution >= 0.6 is 0 Å². The highest BCUT2D eigenvalue weighted by Gasteiger charge is 2.26. The van der Waals surface area contributed by atoms with E-state index in [1.165, 1.54) is 6.07 Å². The third-order valence-corrected chi connectivity index (χ3v) is 2.09. The first-order valence-electron chi connectivity index (χ1n) is 4.96. The van der Waals surface area contributed by atoms with Gasteiger partial charge < -0.3 is 9.84 Å². The molecule has 0 aliphatic carbocycles. The van der Waals surface area contributed by atoms with Crippen LogP contribution in [0.2, 0.25) is 0 Å². The molecule has 0 aromatic heterocycles. The van der Waals surface area contributed by atoms with Gasteiger partial charge in [-0.25, -0.2) is 9.18 Å². The summed E-state index contributed by atoms with van der Waals surface area (Å²) < 4.78 is 53.3. The maximum Gasteiger partial charge on any atom is 0.391 e. The fraction of sp³-hybridized carbons (Fsp3) is 0.364. The van der Waals surface area contributed by atoms with Crippen molar-refractivity contribution in [3.8, 4) is 0 Å². The minimum absolute atomic E-state index is 0.0159. The van der Waals surface area contributed by atoms with Crippen LogP contribution in [0.5, 0.6) is 0 Å². The Labute approximate surface area is 100.0 Å². The number of rotatable bonds is 5. The lowest BCUT2D eigenvalue weighted by Crippen LogP contribution is -2.11. The molecule has 1 rings (SSSR count). The number of carboxylic acid groups (broad SMARTS) is 1. The van der Waals surface area contributed by atoms with Gasteiger partial charge in [0.15, 0.2) is 0 Å². The number of alkyl halides is 3. The van der Waals surface area contributed by atoms with Crippen molar-refractivity contribution in [1.29, 1.82) is 0 Å². The largest absolute Gasteiger partial charge is 0.478 e. The molecule has 0 fully saturated rings. The highest BCUT2D eigenvalue weighted by Crippen LogP contribution is 2.19.